The molecule has 86 valence electrons. The average molecular weight is 222 g/mol. The highest BCUT2D eigenvalue weighted by Crippen LogP contribution is 2.30. The lowest BCUT2D eigenvalue weighted by atomic mass is 9.85. The minimum Gasteiger partial charge on any atom is -0.480 e. The Hall–Kier alpha value is -1.49. The highest BCUT2D eigenvalue weighted by atomic mass is 16.5. The Bertz CT molecular complexity index is 402. The van der Waals surface area contributed by atoms with E-state index in [1.165, 1.54) is 0 Å². The van der Waals surface area contributed by atoms with Crippen LogP contribution in [0.15, 0.2) is 12.3 Å². The number of carboxylic acid groups (broad SMARTS) is 1. The molecule has 2 heterocycles. The second kappa shape index (κ2) is 4.17. The summed E-state index contributed by atoms with van der Waals surface area (Å²) in [5, 5.41) is 9.20. The van der Waals surface area contributed by atoms with E-state index in [9.17, 15) is 9.90 Å². The quantitative estimate of drug-likeness (QED) is 0.815. The van der Waals surface area contributed by atoms with Gasteiger partial charge < -0.3 is 9.84 Å². The number of rotatable bonds is 4. The number of aryl methyl sites for hydroxylation is 1. The molecule has 0 saturated carbocycles. The van der Waals surface area contributed by atoms with Crippen molar-refractivity contribution in [2.75, 3.05) is 13.2 Å². The largest absolute Gasteiger partial charge is 0.480 e. The van der Waals surface area contributed by atoms with Crippen molar-refractivity contribution < 1.29 is 14.6 Å². The summed E-state index contributed by atoms with van der Waals surface area (Å²) in [6.45, 7) is 2.39. The van der Waals surface area contributed by atoms with Crippen LogP contribution < -0.4 is 0 Å². The van der Waals surface area contributed by atoms with Crippen LogP contribution in [0.3, 0.4) is 0 Å². The number of ether oxygens (including phenoxy) is 1. The summed E-state index contributed by atoms with van der Waals surface area (Å²) in [6, 6.07) is 1.82. The van der Waals surface area contributed by atoms with Gasteiger partial charge in [0.1, 0.15) is 0 Å². The van der Waals surface area contributed by atoms with Crippen molar-refractivity contribution in [1.82, 2.24) is 9.97 Å². The third-order valence-corrected chi connectivity index (χ3v) is 2.75. The van der Waals surface area contributed by atoms with E-state index in [1.54, 1.807) is 6.20 Å². The fourth-order valence-electron chi connectivity index (χ4n) is 1.68. The van der Waals surface area contributed by atoms with Gasteiger partial charge in [0.05, 0.1) is 13.2 Å². The van der Waals surface area contributed by atoms with E-state index in [4.69, 9.17) is 4.74 Å². The molecule has 1 saturated heterocycles. The van der Waals surface area contributed by atoms with Crippen LogP contribution in [0.2, 0.25) is 0 Å². The van der Waals surface area contributed by atoms with Crippen molar-refractivity contribution in [1.29, 1.82) is 0 Å². The predicted octanol–water partition coefficient (Wildman–Crippen LogP) is 0.782. The van der Waals surface area contributed by atoms with Gasteiger partial charge in [0, 0.05) is 11.9 Å². The zero-order valence-corrected chi connectivity index (χ0v) is 9.14. The van der Waals surface area contributed by atoms with Crippen molar-refractivity contribution in [3.8, 4) is 0 Å². The lowest BCUT2D eigenvalue weighted by Gasteiger charge is -2.35. The molecule has 0 unspecified atom stereocenters. The smallest absolute Gasteiger partial charge is 0.322 e. The van der Waals surface area contributed by atoms with E-state index < -0.39 is 11.4 Å². The molecule has 0 amide bonds. The molecular weight excluding hydrogens is 208 g/mol. The Morgan fingerprint density at radius 1 is 1.62 bits per heavy atom. The molecule has 1 aromatic heterocycles. The number of hydrogen-bond donors (Lipinski definition) is 1. The third kappa shape index (κ3) is 1.67. The lowest BCUT2D eigenvalue weighted by molar-refractivity contribution is -0.164. The fraction of sp³-hybridized carbons (Fsp3) is 0.545. The maximum absolute atomic E-state index is 11.2. The first kappa shape index (κ1) is 11.0. The number of hydrogen-bond acceptors (Lipinski definition) is 4. The van der Waals surface area contributed by atoms with Crippen molar-refractivity contribution in [2.24, 2.45) is 0 Å². The molecule has 16 heavy (non-hydrogen) atoms. The summed E-state index contributed by atoms with van der Waals surface area (Å²) in [5.74, 6) is -0.537. The zero-order chi connectivity index (χ0) is 11.6. The highest BCUT2D eigenvalue weighted by Gasteiger charge is 2.50. The summed E-state index contributed by atoms with van der Waals surface area (Å²) in [6.07, 6.45) is 3.44. The zero-order valence-electron chi connectivity index (χ0n) is 9.14. The maximum Gasteiger partial charge on any atom is 0.322 e. The van der Waals surface area contributed by atoms with Crippen LogP contribution in [-0.4, -0.2) is 34.3 Å². The van der Waals surface area contributed by atoms with E-state index in [1.807, 2.05) is 6.07 Å². The van der Waals surface area contributed by atoms with E-state index in [-0.39, 0.29) is 13.2 Å². The van der Waals surface area contributed by atoms with Crippen LogP contribution in [-0.2, 0) is 21.4 Å². The van der Waals surface area contributed by atoms with Crippen LogP contribution in [0.5, 0.6) is 0 Å². The number of nitrogens with zero attached hydrogens (tertiary/aromatic N) is 2. The van der Waals surface area contributed by atoms with Gasteiger partial charge in [0.2, 0.25) is 0 Å². The summed E-state index contributed by atoms with van der Waals surface area (Å²) < 4.78 is 4.99. The minimum atomic E-state index is -1.02. The fourth-order valence-corrected chi connectivity index (χ4v) is 1.68. The Balaban J connectivity index is 2.32. The van der Waals surface area contributed by atoms with Crippen LogP contribution in [0.4, 0.5) is 0 Å². The average Bonchev–Trinajstić information content (AvgIpc) is 2.16. The van der Waals surface area contributed by atoms with Gasteiger partial charge in [-0.25, -0.2) is 9.97 Å². The maximum atomic E-state index is 11.2. The van der Waals surface area contributed by atoms with Crippen molar-refractivity contribution in [3.63, 3.8) is 0 Å². The monoisotopic (exact) mass is 222 g/mol. The first-order chi connectivity index (χ1) is 7.69. The second-order valence-electron chi connectivity index (χ2n) is 4.00. The SMILES string of the molecule is CCCc1ccnc(C2(C(=O)O)COC2)n1. The molecule has 5 heteroatoms. The Morgan fingerprint density at radius 3 is 2.88 bits per heavy atom. The third-order valence-electron chi connectivity index (χ3n) is 2.75. The van der Waals surface area contributed by atoms with Crippen LogP contribution in [0, 0.1) is 0 Å². The molecule has 0 atom stereocenters. The summed E-state index contributed by atoms with van der Waals surface area (Å²) >= 11 is 0. The summed E-state index contributed by atoms with van der Waals surface area (Å²) in [4.78, 5) is 19.6. The molecule has 1 fully saturated rings. The second-order valence-corrected chi connectivity index (χ2v) is 4.00. The molecule has 1 aliphatic rings. The minimum absolute atomic E-state index is 0.165. The molecule has 2 rings (SSSR count). The molecule has 0 aromatic carbocycles. The summed E-state index contributed by atoms with van der Waals surface area (Å²) in [7, 11) is 0. The van der Waals surface area contributed by atoms with Gasteiger partial charge in [0.25, 0.3) is 0 Å². The van der Waals surface area contributed by atoms with E-state index in [0.717, 1.165) is 18.5 Å². The van der Waals surface area contributed by atoms with Gasteiger partial charge >= 0.3 is 5.97 Å². The van der Waals surface area contributed by atoms with E-state index in [0.29, 0.717) is 5.82 Å². The molecule has 1 N–H and O–H groups in total. The topological polar surface area (TPSA) is 72.3 Å². The van der Waals surface area contributed by atoms with Crippen LogP contribution in [0.1, 0.15) is 24.9 Å². The molecule has 0 spiro atoms. The Labute approximate surface area is 93.5 Å². The molecule has 0 radical (unpaired) electrons. The van der Waals surface area contributed by atoms with Gasteiger partial charge in [-0.3, -0.25) is 4.79 Å². The normalized spacial score (nSPS) is 17.8. The molecule has 1 aromatic rings. The van der Waals surface area contributed by atoms with Crippen molar-refractivity contribution >= 4 is 5.97 Å². The number of aliphatic carboxylic acids is 1. The van der Waals surface area contributed by atoms with Crippen molar-refractivity contribution in [2.45, 2.75) is 25.2 Å². The molecule has 0 aliphatic carbocycles. The van der Waals surface area contributed by atoms with Crippen LogP contribution in [0.25, 0.3) is 0 Å². The van der Waals surface area contributed by atoms with E-state index in [2.05, 4.69) is 16.9 Å². The van der Waals surface area contributed by atoms with Gasteiger partial charge in [-0.2, -0.15) is 0 Å². The Morgan fingerprint density at radius 2 is 2.38 bits per heavy atom. The highest BCUT2D eigenvalue weighted by molar-refractivity contribution is 5.81. The number of carboxylic acids is 1. The van der Waals surface area contributed by atoms with Gasteiger partial charge in [-0.05, 0) is 12.5 Å². The first-order valence-corrected chi connectivity index (χ1v) is 5.32. The van der Waals surface area contributed by atoms with Gasteiger partial charge in [0.15, 0.2) is 11.2 Å². The van der Waals surface area contributed by atoms with E-state index >= 15 is 0 Å². The molecule has 0 bridgehead atoms. The Kier molecular flexibility index (Phi) is 2.87. The number of aromatic nitrogens is 2. The van der Waals surface area contributed by atoms with Gasteiger partial charge in [-0.1, -0.05) is 13.3 Å². The first-order valence-electron chi connectivity index (χ1n) is 5.32. The molecule has 5 nitrogen and oxygen atoms in total. The lowest BCUT2D eigenvalue weighted by Crippen LogP contribution is -2.54. The van der Waals surface area contributed by atoms with Crippen LogP contribution >= 0.6 is 0 Å². The standard InChI is InChI=1S/C11H14N2O3/c1-2-3-8-4-5-12-9(13-8)11(10(14)15)6-16-7-11/h4-5H,2-3,6-7H2,1H3,(H,14,15). The number of carbonyl (C=O) groups is 1. The summed E-state index contributed by atoms with van der Waals surface area (Å²) in [5.41, 5.74) is -0.135. The van der Waals surface area contributed by atoms with Gasteiger partial charge in [-0.15, -0.1) is 0 Å². The molecular formula is C11H14N2O3. The predicted molar refractivity (Wildman–Crippen MR) is 56.2 cm³/mol. The van der Waals surface area contributed by atoms with Crippen molar-refractivity contribution in [3.05, 3.63) is 23.8 Å². The molecule has 1 aliphatic heterocycles.